The number of hydrogen-bond donors (Lipinski definition) is 0. The minimum absolute atomic E-state index is 0.00894. The van der Waals surface area contributed by atoms with Crippen molar-refractivity contribution in [2.24, 2.45) is 0 Å². The standard InChI is InChI=1S/C20H22F2O5S/c1-14-5-8-16(9-6-14)28(23,24)26-13-19(27-20-4-2-3-11-25-20)17-10-7-15(21)12-18(17)22/h5-10,12,19-20H,2-4,11,13H2,1H3. The number of aryl methyl sites for hydroxylation is 1. The fourth-order valence-corrected chi connectivity index (χ4v) is 3.80. The van der Waals surface area contributed by atoms with Crippen LogP contribution < -0.4 is 0 Å². The SMILES string of the molecule is Cc1ccc(S(=O)(=O)OCC(OC2CCCCO2)c2ccc(F)cc2F)cc1. The third-order valence-corrected chi connectivity index (χ3v) is 5.74. The predicted octanol–water partition coefficient (Wildman–Crippen LogP) is 4.26. The molecule has 2 atom stereocenters. The number of benzene rings is 2. The maximum atomic E-state index is 14.3. The van der Waals surface area contributed by atoms with Crippen molar-refractivity contribution in [3.63, 3.8) is 0 Å². The monoisotopic (exact) mass is 412 g/mol. The number of hydrogen-bond acceptors (Lipinski definition) is 5. The Hall–Kier alpha value is -1.87. The fourth-order valence-electron chi connectivity index (χ4n) is 2.89. The van der Waals surface area contributed by atoms with Gasteiger partial charge >= 0.3 is 0 Å². The van der Waals surface area contributed by atoms with Gasteiger partial charge in [-0.05, 0) is 44.4 Å². The lowest BCUT2D eigenvalue weighted by atomic mass is 10.1. The van der Waals surface area contributed by atoms with Crippen LogP contribution in [0.2, 0.25) is 0 Å². The highest BCUT2D eigenvalue weighted by Crippen LogP contribution is 2.28. The summed E-state index contributed by atoms with van der Waals surface area (Å²) in [7, 11) is -4.06. The molecule has 0 N–H and O–H groups in total. The van der Waals surface area contributed by atoms with Crippen LogP contribution in [0.5, 0.6) is 0 Å². The van der Waals surface area contributed by atoms with Crippen molar-refractivity contribution in [2.45, 2.75) is 43.5 Å². The van der Waals surface area contributed by atoms with Crippen LogP contribution in [0.1, 0.15) is 36.5 Å². The molecule has 28 heavy (non-hydrogen) atoms. The van der Waals surface area contributed by atoms with Gasteiger partial charge in [0.2, 0.25) is 0 Å². The second kappa shape index (κ2) is 9.09. The molecule has 1 fully saturated rings. The van der Waals surface area contributed by atoms with Gasteiger partial charge in [-0.15, -0.1) is 0 Å². The van der Waals surface area contributed by atoms with Crippen LogP contribution >= 0.6 is 0 Å². The van der Waals surface area contributed by atoms with Crippen molar-refractivity contribution in [3.05, 3.63) is 65.2 Å². The van der Waals surface area contributed by atoms with E-state index >= 15 is 0 Å². The Morgan fingerprint density at radius 2 is 1.89 bits per heavy atom. The second-order valence-corrected chi connectivity index (χ2v) is 8.25. The predicted molar refractivity (Wildman–Crippen MR) is 98.1 cm³/mol. The molecule has 2 unspecified atom stereocenters. The quantitative estimate of drug-likeness (QED) is 0.636. The largest absolute Gasteiger partial charge is 0.353 e. The van der Waals surface area contributed by atoms with E-state index in [9.17, 15) is 17.2 Å². The molecule has 0 radical (unpaired) electrons. The lowest BCUT2D eigenvalue weighted by Crippen LogP contribution is -2.27. The Morgan fingerprint density at radius 1 is 1.14 bits per heavy atom. The molecular weight excluding hydrogens is 390 g/mol. The Balaban J connectivity index is 1.78. The number of halogens is 2. The molecule has 0 aliphatic carbocycles. The minimum Gasteiger partial charge on any atom is -0.353 e. The Bertz CT molecular complexity index is 893. The average Bonchev–Trinajstić information content (AvgIpc) is 2.67. The zero-order valence-electron chi connectivity index (χ0n) is 15.4. The third-order valence-electron chi connectivity index (χ3n) is 4.45. The molecule has 0 spiro atoms. The third kappa shape index (κ3) is 5.35. The van der Waals surface area contributed by atoms with E-state index in [1.807, 2.05) is 6.92 Å². The first kappa shape index (κ1) is 20.9. The van der Waals surface area contributed by atoms with E-state index in [-0.39, 0.29) is 10.5 Å². The Labute approximate surface area is 163 Å². The molecule has 8 heteroatoms. The van der Waals surface area contributed by atoms with Gasteiger partial charge in [0.15, 0.2) is 6.29 Å². The first-order chi connectivity index (χ1) is 13.3. The Kier molecular flexibility index (Phi) is 6.77. The van der Waals surface area contributed by atoms with Crippen LogP contribution in [0.25, 0.3) is 0 Å². The van der Waals surface area contributed by atoms with E-state index in [0.717, 1.165) is 30.5 Å². The second-order valence-electron chi connectivity index (χ2n) is 6.64. The van der Waals surface area contributed by atoms with Crippen molar-refractivity contribution in [3.8, 4) is 0 Å². The summed E-state index contributed by atoms with van der Waals surface area (Å²) in [4.78, 5) is -0.00894. The van der Waals surface area contributed by atoms with Gasteiger partial charge < -0.3 is 9.47 Å². The summed E-state index contributed by atoms with van der Waals surface area (Å²) < 4.78 is 68.8. The van der Waals surface area contributed by atoms with Crippen molar-refractivity contribution in [1.29, 1.82) is 0 Å². The summed E-state index contributed by atoms with van der Waals surface area (Å²) in [5, 5.41) is 0. The van der Waals surface area contributed by atoms with E-state index in [1.165, 1.54) is 18.2 Å². The highest BCUT2D eigenvalue weighted by Gasteiger charge is 2.26. The summed E-state index contributed by atoms with van der Waals surface area (Å²) >= 11 is 0. The average molecular weight is 412 g/mol. The molecule has 1 aliphatic heterocycles. The molecule has 2 aromatic carbocycles. The van der Waals surface area contributed by atoms with Gasteiger partial charge in [-0.2, -0.15) is 8.42 Å². The first-order valence-corrected chi connectivity index (χ1v) is 10.4. The van der Waals surface area contributed by atoms with Crippen molar-refractivity contribution in [2.75, 3.05) is 13.2 Å². The van der Waals surface area contributed by atoms with Gasteiger partial charge in [0, 0.05) is 18.2 Å². The highest BCUT2D eigenvalue weighted by molar-refractivity contribution is 7.86. The molecule has 3 rings (SSSR count). The van der Waals surface area contributed by atoms with Gasteiger partial charge in [-0.25, -0.2) is 8.78 Å². The van der Waals surface area contributed by atoms with Gasteiger partial charge in [0.05, 0.1) is 11.5 Å². The lowest BCUT2D eigenvalue weighted by Gasteiger charge is -2.28. The minimum atomic E-state index is -4.06. The van der Waals surface area contributed by atoms with Gasteiger partial charge in [-0.1, -0.05) is 23.8 Å². The molecule has 1 saturated heterocycles. The molecule has 2 aromatic rings. The number of rotatable bonds is 7. The first-order valence-electron chi connectivity index (χ1n) is 9.03. The van der Waals surface area contributed by atoms with Crippen LogP contribution in [0.3, 0.4) is 0 Å². The zero-order valence-corrected chi connectivity index (χ0v) is 16.3. The molecule has 0 aromatic heterocycles. The van der Waals surface area contributed by atoms with Crippen LogP contribution in [-0.2, 0) is 23.8 Å². The van der Waals surface area contributed by atoms with Crippen LogP contribution in [0, 0.1) is 18.6 Å². The summed E-state index contributed by atoms with van der Waals surface area (Å²) in [5.41, 5.74) is 0.915. The highest BCUT2D eigenvalue weighted by atomic mass is 32.2. The van der Waals surface area contributed by atoms with Crippen molar-refractivity contribution in [1.82, 2.24) is 0 Å². The van der Waals surface area contributed by atoms with Gasteiger partial charge in [0.1, 0.15) is 17.7 Å². The summed E-state index contributed by atoms with van der Waals surface area (Å²) in [6.45, 7) is 1.88. The van der Waals surface area contributed by atoms with Crippen LogP contribution in [0.4, 0.5) is 8.78 Å². The molecule has 0 saturated carbocycles. The molecule has 152 valence electrons. The number of ether oxygens (including phenoxy) is 2. The molecule has 1 heterocycles. The van der Waals surface area contributed by atoms with Crippen LogP contribution in [-0.4, -0.2) is 27.9 Å². The van der Waals surface area contributed by atoms with E-state index in [1.54, 1.807) is 12.1 Å². The van der Waals surface area contributed by atoms with E-state index in [2.05, 4.69) is 0 Å². The van der Waals surface area contributed by atoms with E-state index in [0.29, 0.717) is 13.0 Å². The van der Waals surface area contributed by atoms with Crippen molar-refractivity contribution >= 4 is 10.1 Å². The van der Waals surface area contributed by atoms with E-state index in [4.69, 9.17) is 13.7 Å². The smallest absolute Gasteiger partial charge is 0.297 e. The molecule has 5 nitrogen and oxygen atoms in total. The summed E-state index contributed by atoms with van der Waals surface area (Å²) in [5.74, 6) is -1.57. The van der Waals surface area contributed by atoms with Gasteiger partial charge in [-0.3, -0.25) is 4.18 Å². The lowest BCUT2D eigenvalue weighted by molar-refractivity contribution is -0.195. The van der Waals surface area contributed by atoms with Crippen molar-refractivity contribution < 1.29 is 30.9 Å². The normalized spacial score (nSPS) is 18.8. The molecule has 0 amide bonds. The molecule has 0 bridgehead atoms. The Morgan fingerprint density at radius 3 is 2.54 bits per heavy atom. The van der Waals surface area contributed by atoms with E-state index < -0.39 is 40.8 Å². The maximum absolute atomic E-state index is 14.3. The molecule has 1 aliphatic rings. The molecular formula is C20H22F2O5S. The topological polar surface area (TPSA) is 61.8 Å². The van der Waals surface area contributed by atoms with Gasteiger partial charge in [0.25, 0.3) is 10.1 Å². The maximum Gasteiger partial charge on any atom is 0.297 e. The van der Waals surface area contributed by atoms with Crippen LogP contribution in [0.15, 0.2) is 47.4 Å². The fraction of sp³-hybridized carbons (Fsp3) is 0.400. The summed E-state index contributed by atoms with van der Waals surface area (Å²) in [6, 6.07) is 9.21. The summed E-state index contributed by atoms with van der Waals surface area (Å²) in [6.07, 6.45) is 0.710. The zero-order chi connectivity index (χ0) is 20.1.